The van der Waals surface area contributed by atoms with Crippen LogP contribution in [0.25, 0.3) is 0 Å². The SMILES string of the molecule is CCC[C@H](N)[C@H](O)c1cccc(OC)c1.Cl. The maximum atomic E-state index is 9.96. The Bertz CT molecular complexity index is 307. The molecule has 0 fully saturated rings. The van der Waals surface area contributed by atoms with E-state index in [1.165, 1.54) is 0 Å². The molecule has 1 aromatic carbocycles. The highest BCUT2D eigenvalue weighted by Gasteiger charge is 2.16. The first kappa shape index (κ1) is 15.2. The minimum Gasteiger partial charge on any atom is -0.497 e. The fraction of sp³-hybridized carbons (Fsp3) is 0.500. The van der Waals surface area contributed by atoms with Gasteiger partial charge in [-0.1, -0.05) is 25.5 Å². The van der Waals surface area contributed by atoms with Gasteiger partial charge >= 0.3 is 0 Å². The summed E-state index contributed by atoms with van der Waals surface area (Å²) in [7, 11) is 1.61. The molecule has 0 bridgehead atoms. The summed E-state index contributed by atoms with van der Waals surface area (Å²) in [6, 6.07) is 7.18. The fourth-order valence-corrected chi connectivity index (χ4v) is 1.56. The summed E-state index contributed by atoms with van der Waals surface area (Å²) < 4.78 is 5.09. The average Bonchev–Trinajstić information content (AvgIpc) is 2.28. The van der Waals surface area contributed by atoms with Crippen LogP contribution in [0.15, 0.2) is 24.3 Å². The molecule has 2 atom stereocenters. The molecule has 0 aliphatic rings. The summed E-state index contributed by atoms with van der Waals surface area (Å²) in [5, 5.41) is 9.96. The van der Waals surface area contributed by atoms with E-state index in [9.17, 15) is 5.11 Å². The van der Waals surface area contributed by atoms with Crippen molar-refractivity contribution in [3.63, 3.8) is 0 Å². The fourth-order valence-electron chi connectivity index (χ4n) is 1.56. The first-order chi connectivity index (χ1) is 7.19. The van der Waals surface area contributed by atoms with Crippen LogP contribution in [0.5, 0.6) is 5.75 Å². The third-order valence-corrected chi connectivity index (χ3v) is 2.46. The molecule has 92 valence electrons. The van der Waals surface area contributed by atoms with Gasteiger partial charge in [-0.2, -0.15) is 0 Å². The number of hydrogen-bond donors (Lipinski definition) is 2. The number of rotatable bonds is 5. The molecule has 3 N–H and O–H groups in total. The smallest absolute Gasteiger partial charge is 0.119 e. The van der Waals surface area contributed by atoms with E-state index in [2.05, 4.69) is 6.92 Å². The van der Waals surface area contributed by atoms with Gasteiger partial charge in [-0.05, 0) is 24.1 Å². The second-order valence-electron chi connectivity index (χ2n) is 3.67. The van der Waals surface area contributed by atoms with Crippen molar-refractivity contribution in [3.05, 3.63) is 29.8 Å². The monoisotopic (exact) mass is 245 g/mol. The first-order valence-electron chi connectivity index (χ1n) is 5.26. The van der Waals surface area contributed by atoms with Crippen molar-refractivity contribution in [2.75, 3.05) is 7.11 Å². The minimum atomic E-state index is -0.611. The van der Waals surface area contributed by atoms with Gasteiger partial charge in [0.2, 0.25) is 0 Å². The highest BCUT2D eigenvalue weighted by atomic mass is 35.5. The molecular weight excluding hydrogens is 226 g/mol. The second kappa shape index (κ2) is 7.49. The largest absolute Gasteiger partial charge is 0.497 e. The van der Waals surface area contributed by atoms with Crippen LogP contribution in [0.3, 0.4) is 0 Å². The molecule has 0 saturated carbocycles. The standard InChI is InChI=1S/C12H19NO2.ClH/c1-3-5-11(13)12(14)9-6-4-7-10(8-9)15-2;/h4,6-8,11-12,14H,3,5,13H2,1-2H3;1H/t11-,12+;/m0./s1. The zero-order chi connectivity index (χ0) is 11.3. The number of ether oxygens (including phenoxy) is 1. The summed E-state index contributed by atoms with van der Waals surface area (Å²) in [5.74, 6) is 0.746. The number of aliphatic hydroxyl groups is 1. The zero-order valence-corrected chi connectivity index (χ0v) is 10.5. The Labute approximate surface area is 103 Å². The number of nitrogens with two attached hydrogens (primary N) is 1. The molecule has 1 aromatic rings. The predicted octanol–water partition coefficient (Wildman–Crippen LogP) is 2.28. The molecular formula is C12H20ClNO2. The molecule has 0 aliphatic carbocycles. The lowest BCUT2D eigenvalue weighted by Gasteiger charge is -2.18. The van der Waals surface area contributed by atoms with E-state index >= 15 is 0 Å². The second-order valence-corrected chi connectivity index (χ2v) is 3.67. The van der Waals surface area contributed by atoms with Crippen molar-refractivity contribution in [1.82, 2.24) is 0 Å². The number of halogens is 1. The van der Waals surface area contributed by atoms with Crippen molar-refractivity contribution in [3.8, 4) is 5.75 Å². The maximum Gasteiger partial charge on any atom is 0.119 e. The van der Waals surface area contributed by atoms with Crippen molar-refractivity contribution in [2.24, 2.45) is 5.73 Å². The van der Waals surface area contributed by atoms with Gasteiger partial charge in [0.05, 0.1) is 13.2 Å². The third-order valence-electron chi connectivity index (χ3n) is 2.46. The Kier molecular flexibility index (Phi) is 7.13. The molecule has 1 rings (SSSR count). The lowest BCUT2D eigenvalue weighted by atomic mass is 9.99. The summed E-state index contributed by atoms with van der Waals surface area (Å²) in [6.07, 6.45) is 1.18. The van der Waals surface area contributed by atoms with Gasteiger partial charge < -0.3 is 15.6 Å². The molecule has 0 aromatic heterocycles. The predicted molar refractivity (Wildman–Crippen MR) is 68.1 cm³/mol. The van der Waals surface area contributed by atoms with Crippen molar-refractivity contribution < 1.29 is 9.84 Å². The van der Waals surface area contributed by atoms with Gasteiger partial charge in [-0.15, -0.1) is 12.4 Å². The van der Waals surface area contributed by atoms with Crippen LogP contribution in [0.1, 0.15) is 31.4 Å². The van der Waals surface area contributed by atoms with Gasteiger partial charge in [0.1, 0.15) is 5.75 Å². The molecule has 0 spiro atoms. The summed E-state index contributed by atoms with van der Waals surface area (Å²) >= 11 is 0. The summed E-state index contributed by atoms with van der Waals surface area (Å²) in [6.45, 7) is 2.05. The number of benzene rings is 1. The number of methoxy groups -OCH3 is 1. The number of hydrogen-bond acceptors (Lipinski definition) is 3. The highest BCUT2D eigenvalue weighted by molar-refractivity contribution is 5.85. The van der Waals surface area contributed by atoms with E-state index in [0.29, 0.717) is 0 Å². The Morgan fingerprint density at radius 1 is 1.44 bits per heavy atom. The summed E-state index contributed by atoms with van der Waals surface area (Å²) in [5.41, 5.74) is 6.68. The third kappa shape index (κ3) is 4.00. The van der Waals surface area contributed by atoms with Gasteiger partial charge in [0.15, 0.2) is 0 Å². The van der Waals surface area contributed by atoms with Crippen molar-refractivity contribution >= 4 is 12.4 Å². The van der Waals surface area contributed by atoms with E-state index in [1.54, 1.807) is 7.11 Å². The van der Waals surface area contributed by atoms with Gasteiger partial charge in [-0.25, -0.2) is 0 Å². The van der Waals surface area contributed by atoms with E-state index in [1.807, 2.05) is 24.3 Å². The lowest BCUT2D eigenvalue weighted by molar-refractivity contribution is 0.141. The van der Waals surface area contributed by atoms with Crippen LogP contribution >= 0.6 is 12.4 Å². The Morgan fingerprint density at radius 3 is 2.69 bits per heavy atom. The van der Waals surface area contributed by atoms with Crippen LogP contribution in [-0.4, -0.2) is 18.3 Å². The first-order valence-corrected chi connectivity index (χ1v) is 5.26. The molecule has 16 heavy (non-hydrogen) atoms. The van der Waals surface area contributed by atoms with E-state index in [4.69, 9.17) is 10.5 Å². The van der Waals surface area contributed by atoms with Crippen LogP contribution < -0.4 is 10.5 Å². The molecule has 0 unspecified atom stereocenters. The quantitative estimate of drug-likeness (QED) is 0.837. The van der Waals surface area contributed by atoms with Gasteiger partial charge in [-0.3, -0.25) is 0 Å². The maximum absolute atomic E-state index is 9.96. The normalized spacial score (nSPS) is 13.8. The zero-order valence-electron chi connectivity index (χ0n) is 9.72. The Morgan fingerprint density at radius 2 is 2.12 bits per heavy atom. The van der Waals surface area contributed by atoms with E-state index in [0.717, 1.165) is 24.2 Å². The van der Waals surface area contributed by atoms with Crippen LogP contribution in [0, 0.1) is 0 Å². The van der Waals surface area contributed by atoms with E-state index < -0.39 is 6.10 Å². The Balaban J connectivity index is 0.00000225. The summed E-state index contributed by atoms with van der Waals surface area (Å²) in [4.78, 5) is 0. The minimum absolute atomic E-state index is 0. The highest BCUT2D eigenvalue weighted by Crippen LogP contribution is 2.22. The van der Waals surface area contributed by atoms with Crippen LogP contribution in [-0.2, 0) is 0 Å². The van der Waals surface area contributed by atoms with Crippen molar-refractivity contribution in [1.29, 1.82) is 0 Å². The molecule has 4 heteroatoms. The number of aliphatic hydroxyl groups excluding tert-OH is 1. The van der Waals surface area contributed by atoms with Gasteiger partial charge in [0.25, 0.3) is 0 Å². The van der Waals surface area contributed by atoms with Crippen molar-refractivity contribution in [2.45, 2.75) is 31.9 Å². The van der Waals surface area contributed by atoms with E-state index in [-0.39, 0.29) is 18.4 Å². The molecule has 0 radical (unpaired) electrons. The van der Waals surface area contributed by atoms with Gasteiger partial charge in [0, 0.05) is 6.04 Å². The van der Waals surface area contributed by atoms with Crippen LogP contribution in [0.4, 0.5) is 0 Å². The molecule has 0 heterocycles. The molecule has 0 aliphatic heterocycles. The Hall–Kier alpha value is -0.770. The topological polar surface area (TPSA) is 55.5 Å². The molecule has 0 saturated heterocycles. The lowest BCUT2D eigenvalue weighted by Crippen LogP contribution is -2.28. The average molecular weight is 246 g/mol. The molecule has 0 amide bonds. The molecule has 3 nitrogen and oxygen atoms in total. The van der Waals surface area contributed by atoms with Crippen LogP contribution in [0.2, 0.25) is 0 Å².